The van der Waals surface area contributed by atoms with Gasteiger partial charge in [-0.15, -0.1) is 0 Å². The molecule has 0 aromatic carbocycles. The topological polar surface area (TPSA) is 101 Å². The number of rotatable bonds is 7. The molecule has 1 aromatic rings. The van der Waals surface area contributed by atoms with Crippen molar-refractivity contribution in [1.29, 1.82) is 0 Å². The van der Waals surface area contributed by atoms with Crippen LogP contribution >= 0.6 is 0 Å². The summed E-state index contributed by atoms with van der Waals surface area (Å²) in [5.41, 5.74) is -0.652. The number of aromatic nitrogens is 1. The molecule has 0 radical (unpaired) electrons. The molecular weight excluding hydrogens is 310 g/mol. The summed E-state index contributed by atoms with van der Waals surface area (Å²) in [5.74, 6) is -0.279. The zero-order valence-corrected chi connectivity index (χ0v) is 14.7. The number of anilines is 1. The fourth-order valence-corrected chi connectivity index (χ4v) is 2.01. The van der Waals surface area contributed by atoms with Crippen molar-refractivity contribution in [1.82, 2.24) is 10.3 Å². The van der Waals surface area contributed by atoms with E-state index in [-0.39, 0.29) is 0 Å². The molecule has 1 heterocycles. The number of aliphatic hydroxyl groups is 1. The van der Waals surface area contributed by atoms with E-state index < -0.39 is 29.7 Å². The zero-order chi connectivity index (χ0) is 18.2. The Morgan fingerprint density at radius 3 is 2.58 bits per heavy atom. The van der Waals surface area contributed by atoms with Crippen LogP contribution in [0, 0.1) is 0 Å². The van der Waals surface area contributed by atoms with Crippen LogP contribution in [0.25, 0.3) is 0 Å². The molecule has 1 rings (SSSR count). The van der Waals surface area contributed by atoms with Crippen molar-refractivity contribution < 1.29 is 19.4 Å². The average Bonchev–Trinajstić information content (AvgIpc) is 2.49. The number of aliphatic hydroxyl groups excluding tert-OH is 1. The van der Waals surface area contributed by atoms with E-state index in [1.54, 1.807) is 39.0 Å². The maximum atomic E-state index is 12.2. The van der Waals surface area contributed by atoms with E-state index in [1.807, 2.05) is 6.92 Å². The van der Waals surface area contributed by atoms with Crippen LogP contribution in [0.3, 0.4) is 0 Å². The second kappa shape index (κ2) is 9.22. The summed E-state index contributed by atoms with van der Waals surface area (Å²) in [4.78, 5) is 28.1. The Hall–Kier alpha value is -2.15. The Balaban J connectivity index is 2.71. The Kier molecular flexibility index (Phi) is 7.64. The zero-order valence-electron chi connectivity index (χ0n) is 14.7. The standard InChI is InChI=1S/C17H27N3O4/c1-5-6-9-12(19-16(23)24-17(2,3)4)14(21)15(22)20-13-10-7-8-11-18-13/h7-8,10-12,14,21H,5-6,9H2,1-4H3,(H,19,23)(H,18,20,22)/t12-,14+/m0/s1. The van der Waals surface area contributed by atoms with Crippen LogP contribution < -0.4 is 10.6 Å². The maximum absolute atomic E-state index is 12.2. The van der Waals surface area contributed by atoms with E-state index in [4.69, 9.17) is 4.74 Å². The normalized spacial score (nSPS) is 13.7. The molecular formula is C17H27N3O4. The highest BCUT2D eigenvalue weighted by molar-refractivity contribution is 5.94. The third kappa shape index (κ3) is 7.41. The van der Waals surface area contributed by atoms with Crippen molar-refractivity contribution in [3.05, 3.63) is 24.4 Å². The number of carbonyl (C=O) groups is 2. The lowest BCUT2D eigenvalue weighted by atomic mass is 10.0. The summed E-state index contributed by atoms with van der Waals surface area (Å²) in [6.45, 7) is 7.23. The first-order valence-corrected chi connectivity index (χ1v) is 8.12. The lowest BCUT2D eigenvalue weighted by molar-refractivity contribution is -0.125. The molecule has 0 saturated heterocycles. The number of alkyl carbamates (subject to hydrolysis) is 1. The van der Waals surface area contributed by atoms with Crippen molar-refractivity contribution >= 4 is 17.8 Å². The summed E-state index contributed by atoms with van der Waals surface area (Å²) in [5, 5.41) is 15.4. The Morgan fingerprint density at radius 2 is 2.04 bits per heavy atom. The van der Waals surface area contributed by atoms with Crippen molar-refractivity contribution in [2.45, 2.75) is 64.7 Å². The number of nitrogens with zero attached hydrogens (tertiary/aromatic N) is 1. The molecule has 0 saturated carbocycles. The summed E-state index contributed by atoms with van der Waals surface area (Å²) in [6.07, 6.45) is 1.58. The van der Waals surface area contributed by atoms with Gasteiger partial charge in [-0.05, 0) is 39.3 Å². The minimum Gasteiger partial charge on any atom is -0.444 e. The molecule has 134 valence electrons. The first-order chi connectivity index (χ1) is 11.2. The van der Waals surface area contributed by atoms with Gasteiger partial charge in [-0.25, -0.2) is 9.78 Å². The van der Waals surface area contributed by atoms with Gasteiger partial charge < -0.3 is 20.5 Å². The van der Waals surface area contributed by atoms with Gasteiger partial charge in [0.2, 0.25) is 0 Å². The van der Waals surface area contributed by atoms with Gasteiger partial charge in [0.1, 0.15) is 11.4 Å². The monoisotopic (exact) mass is 337 g/mol. The van der Waals surface area contributed by atoms with E-state index in [0.29, 0.717) is 12.2 Å². The predicted octanol–water partition coefficient (Wildman–Crippen LogP) is 2.46. The van der Waals surface area contributed by atoms with Gasteiger partial charge in [0.05, 0.1) is 6.04 Å². The highest BCUT2D eigenvalue weighted by atomic mass is 16.6. The summed E-state index contributed by atoms with van der Waals surface area (Å²) in [6, 6.07) is 4.33. The number of ether oxygens (including phenoxy) is 1. The van der Waals surface area contributed by atoms with E-state index >= 15 is 0 Å². The van der Waals surface area contributed by atoms with Crippen LogP contribution in [0.4, 0.5) is 10.6 Å². The van der Waals surface area contributed by atoms with E-state index in [9.17, 15) is 14.7 Å². The molecule has 1 aromatic heterocycles. The molecule has 2 amide bonds. The third-order valence-corrected chi connectivity index (χ3v) is 3.14. The molecule has 24 heavy (non-hydrogen) atoms. The van der Waals surface area contributed by atoms with E-state index in [1.165, 1.54) is 6.20 Å². The van der Waals surface area contributed by atoms with Gasteiger partial charge >= 0.3 is 6.09 Å². The average molecular weight is 337 g/mol. The first-order valence-electron chi connectivity index (χ1n) is 8.12. The number of amides is 2. The second-order valence-corrected chi connectivity index (χ2v) is 6.54. The van der Waals surface area contributed by atoms with E-state index in [0.717, 1.165) is 12.8 Å². The van der Waals surface area contributed by atoms with Crippen molar-refractivity contribution in [2.75, 3.05) is 5.32 Å². The van der Waals surface area contributed by atoms with Gasteiger partial charge in [-0.3, -0.25) is 4.79 Å². The van der Waals surface area contributed by atoms with Gasteiger partial charge in [0.15, 0.2) is 6.10 Å². The van der Waals surface area contributed by atoms with Gasteiger partial charge in [-0.2, -0.15) is 0 Å². The smallest absolute Gasteiger partial charge is 0.407 e. The highest BCUT2D eigenvalue weighted by Gasteiger charge is 2.29. The van der Waals surface area contributed by atoms with Gasteiger partial charge in [0.25, 0.3) is 5.91 Å². The van der Waals surface area contributed by atoms with Crippen LogP contribution in [0.15, 0.2) is 24.4 Å². The number of unbranched alkanes of at least 4 members (excludes halogenated alkanes) is 1. The lowest BCUT2D eigenvalue weighted by Crippen LogP contribution is -2.50. The number of carbonyl (C=O) groups excluding carboxylic acids is 2. The second-order valence-electron chi connectivity index (χ2n) is 6.54. The van der Waals surface area contributed by atoms with Crippen molar-refractivity contribution in [2.24, 2.45) is 0 Å². The summed E-state index contributed by atoms with van der Waals surface area (Å²) >= 11 is 0. The van der Waals surface area contributed by atoms with Gasteiger partial charge in [-0.1, -0.05) is 25.8 Å². The summed E-state index contributed by atoms with van der Waals surface area (Å²) < 4.78 is 5.19. The molecule has 0 aliphatic rings. The van der Waals surface area contributed by atoms with E-state index in [2.05, 4.69) is 15.6 Å². The molecule has 0 unspecified atom stereocenters. The fraction of sp³-hybridized carbons (Fsp3) is 0.588. The number of hydrogen-bond acceptors (Lipinski definition) is 5. The molecule has 7 nitrogen and oxygen atoms in total. The molecule has 0 aliphatic carbocycles. The molecule has 0 aliphatic heterocycles. The van der Waals surface area contributed by atoms with Crippen LogP contribution in [-0.4, -0.2) is 39.8 Å². The Bertz CT molecular complexity index is 528. The number of hydrogen-bond donors (Lipinski definition) is 3. The minimum absolute atomic E-state index is 0.341. The lowest BCUT2D eigenvalue weighted by Gasteiger charge is -2.26. The molecule has 0 fully saturated rings. The van der Waals surface area contributed by atoms with Crippen LogP contribution in [-0.2, 0) is 9.53 Å². The van der Waals surface area contributed by atoms with Crippen LogP contribution in [0.1, 0.15) is 47.0 Å². The largest absolute Gasteiger partial charge is 0.444 e. The minimum atomic E-state index is -1.40. The quantitative estimate of drug-likeness (QED) is 0.709. The van der Waals surface area contributed by atoms with Gasteiger partial charge in [0, 0.05) is 6.20 Å². The van der Waals surface area contributed by atoms with Crippen molar-refractivity contribution in [3.63, 3.8) is 0 Å². The molecule has 0 spiro atoms. The molecule has 7 heteroatoms. The molecule has 2 atom stereocenters. The highest BCUT2D eigenvalue weighted by Crippen LogP contribution is 2.11. The Morgan fingerprint density at radius 1 is 1.33 bits per heavy atom. The Labute approximate surface area is 142 Å². The number of pyridine rings is 1. The first kappa shape index (κ1) is 19.9. The summed E-state index contributed by atoms with van der Waals surface area (Å²) in [7, 11) is 0. The predicted molar refractivity (Wildman–Crippen MR) is 91.6 cm³/mol. The molecule has 0 bridgehead atoms. The van der Waals surface area contributed by atoms with Crippen LogP contribution in [0.2, 0.25) is 0 Å². The third-order valence-electron chi connectivity index (χ3n) is 3.14. The maximum Gasteiger partial charge on any atom is 0.407 e. The SMILES string of the molecule is CCCC[C@H](NC(=O)OC(C)(C)C)[C@@H](O)C(=O)Nc1ccccn1. The van der Waals surface area contributed by atoms with Crippen LogP contribution in [0.5, 0.6) is 0 Å². The number of nitrogens with one attached hydrogen (secondary N) is 2. The fourth-order valence-electron chi connectivity index (χ4n) is 2.01. The van der Waals surface area contributed by atoms with Crippen molar-refractivity contribution in [3.8, 4) is 0 Å². The molecule has 3 N–H and O–H groups in total.